The van der Waals surface area contributed by atoms with E-state index in [0.717, 1.165) is 23.8 Å². The fourth-order valence-electron chi connectivity index (χ4n) is 5.51. The lowest BCUT2D eigenvalue weighted by atomic mass is 9.62. The molecule has 4 unspecified atom stereocenters. The Hall–Kier alpha value is -1.60. The maximum absolute atomic E-state index is 8.81. The minimum atomic E-state index is 0.0934. The van der Waals surface area contributed by atoms with E-state index < -0.39 is 0 Å². The van der Waals surface area contributed by atoms with Gasteiger partial charge in [0.25, 0.3) is 0 Å². The summed E-state index contributed by atoms with van der Waals surface area (Å²) in [5, 5.41) is 8.81. The molecule has 0 aromatic heterocycles. The van der Waals surface area contributed by atoms with E-state index in [9.17, 15) is 0 Å². The summed E-state index contributed by atoms with van der Waals surface area (Å²) in [4.78, 5) is 0. The van der Waals surface area contributed by atoms with Crippen LogP contribution in [0, 0.1) is 29.1 Å². The van der Waals surface area contributed by atoms with E-state index in [4.69, 9.17) is 5.11 Å². The highest BCUT2D eigenvalue weighted by Gasteiger charge is 2.36. The number of aliphatic hydroxyl groups excluding tert-OH is 1. The topological polar surface area (TPSA) is 20.2 Å². The van der Waals surface area contributed by atoms with Crippen molar-refractivity contribution in [2.45, 2.75) is 99.3 Å². The molecule has 0 aromatic rings. The van der Waals surface area contributed by atoms with E-state index in [2.05, 4.69) is 83.7 Å². The second-order valence-electron chi connectivity index (χ2n) is 11.5. The number of hydrogen-bond donors (Lipinski definition) is 1. The molecular formula is C33H54O. The Balaban J connectivity index is 2.34. The zero-order valence-electron chi connectivity index (χ0n) is 23.2. The van der Waals surface area contributed by atoms with Crippen LogP contribution >= 0.6 is 0 Å². The van der Waals surface area contributed by atoms with Gasteiger partial charge in [-0.3, -0.25) is 0 Å². The Morgan fingerprint density at radius 3 is 2.56 bits per heavy atom. The molecule has 0 aliphatic heterocycles. The van der Waals surface area contributed by atoms with Crippen molar-refractivity contribution in [2.24, 2.45) is 29.1 Å². The summed E-state index contributed by atoms with van der Waals surface area (Å²) in [5.74, 6) is 2.92. The van der Waals surface area contributed by atoms with E-state index in [1.54, 1.807) is 6.08 Å². The normalized spacial score (nSPS) is 23.7. The molecule has 1 nitrogen and oxygen atoms in total. The molecule has 34 heavy (non-hydrogen) atoms. The van der Waals surface area contributed by atoms with Crippen LogP contribution in [0.3, 0.4) is 0 Å². The second-order valence-corrected chi connectivity index (χ2v) is 11.5. The molecule has 0 spiro atoms. The second kappa shape index (κ2) is 16.9. The van der Waals surface area contributed by atoms with Crippen LogP contribution in [-0.4, -0.2) is 11.7 Å². The Bertz CT molecular complexity index is 715. The van der Waals surface area contributed by atoms with Crippen LogP contribution in [-0.2, 0) is 0 Å². The van der Waals surface area contributed by atoms with Crippen LogP contribution in [0.25, 0.3) is 0 Å². The molecule has 1 rings (SSSR count). The van der Waals surface area contributed by atoms with E-state index in [1.807, 2.05) is 13.0 Å². The molecule has 0 heterocycles. The van der Waals surface area contributed by atoms with Gasteiger partial charge < -0.3 is 5.11 Å². The van der Waals surface area contributed by atoms with Gasteiger partial charge in [-0.05, 0) is 87.9 Å². The molecule has 1 fully saturated rings. The Morgan fingerprint density at radius 2 is 1.88 bits per heavy atom. The van der Waals surface area contributed by atoms with Crippen LogP contribution in [0.4, 0.5) is 0 Å². The third-order valence-electron chi connectivity index (χ3n) is 7.81. The molecule has 192 valence electrons. The average molecular weight is 467 g/mol. The van der Waals surface area contributed by atoms with Gasteiger partial charge in [-0.25, -0.2) is 0 Å². The van der Waals surface area contributed by atoms with Gasteiger partial charge in [0, 0.05) is 0 Å². The van der Waals surface area contributed by atoms with Crippen LogP contribution in [0.5, 0.6) is 0 Å². The molecule has 1 heteroatoms. The van der Waals surface area contributed by atoms with Crippen molar-refractivity contribution in [3.63, 3.8) is 0 Å². The fourth-order valence-corrected chi connectivity index (χ4v) is 5.51. The molecule has 0 saturated heterocycles. The summed E-state index contributed by atoms with van der Waals surface area (Å²) < 4.78 is 0. The molecule has 1 aliphatic carbocycles. The van der Waals surface area contributed by atoms with Gasteiger partial charge in [0.15, 0.2) is 0 Å². The summed E-state index contributed by atoms with van der Waals surface area (Å²) in [5.41, 5.74) is 3.13. The first-order chi connectivity index (χ1) is 16.2. The molecular weight excluding hydrogens is 412 g/mol. The maximum Gasteiger partial charge on any atom is 0.0615 e. The lowest BCUT2D eigenvalue weighted by Crippen LogP contribution is -2.33. The van der Waals surface area contributed by atoms with E-state index in [0.29, 0.717) is 17.3 Å². The summed E-state index contributed by atoms with van der Waals surface area (Å²) in [7, 11) is 0. The molecule has 1 aliphatic rings. The quantitative estimate of drug-likeness (QED) is 0.188. The summed E-state index contributed by atoms with van der Waals surface area (Å²) in [6, 6.07) is 0. The molecule has 0 aromatic carbocycles. The van der Waals surface area contributed by atoms with Crippen molar-refractivity contribution in [1.29, 1.82) is 0 Å². The third kappa shape index (κ3) is 12.7. The van der Waals surface area contributed by atoms with Gasteiger partial charge in [-0.15, -0.1) is 6.58 Å². The Kier molecular flexibility index (Phi) is 15.2. The molecule has 0 bridgehead atoms. The number of aliphatic hydroxyl groups is 1. The number of hydrogen-bond acceptors (Lipinski definition) is 1. The van der Waals surface area contributed by atoms with Crippen molar-refractivity contribution in [2.75, 3.05) is 6.61 Å². The number of rotatable bonds is 15. The number of allylic oxidation sites excluding steroid dienone is 10. The maximum atomic E-state index is 8.81. The SMILES string of the molecule is C=CC(CCC/C(C)=C/C=C/CC(C)/C=C/C=C(C)/C=C/CO)CCC1C(C)CCCC1(C)C. The fraction of sp³-hybridized carbons (Fsp3) is 0.636. The first kappa shape index (κ1) is 30.4. The van der Waals surface area contributed by atoms with Gasteiger partial charge >= 0.3 is 0 Å². The van der Waals surface area contributed by atoms with E-state index in [1.165, 1.54) is 56.9 Å². The monoisotopic (exact) mass is 466 g/mol. The zero-order valence-corrected chi connectivity index (χ0v) is 23.2. The summed E-state index contributed by atoms with van der Waals surface area (Å²) >= 11 is 0. The van der Waals surface area contributed by atoms with Gasteiger partial charge in [0.2, 0.25) is 0 Å². The summed E-state index contributed by atoms with van der Waals surface area (Å²) in [6.45, 7) is 18.3. The highest BCUT2D eigenvalue weighted by atomic mass is 16.2. The van der Waals surface area contributed by atoms with Crippen molar-refractivity contribution in [3.05, 3.63) is 72.4 Å². The van der Waals surface area contributed by atoms with Gasteiger partial charge in [0.05, 0.1) is 6.61 Å². The predicted molar refractivity (Wildman–Crippen MR) is 153 cm³/mol. The first-order valence-electron chi connectivity index (χ1n) is 13.8. The minimum Gasteiger partial charge on any atom is -0.392 e. The Labute approximate surface area is 212 Å². The van der Waals surface area contributed by atoms with E-state index in [-0.39, 0.29) is 6.61 Å². The van der Waals surface area contributed by atoms with Crippen LogP contribution in [0.15, 0.2) is 72.4 Å². The molecule has 0 amide bonds. The largest absolute Gasteiger partial charge is 0.392 e. The van der Waals surface area contributed by atoms with Crippen LogP contribution < -0.4 is 0 Å². The standard InChI is InChI=1S/C33H54O/c1-8-31(23-24-32-30(5)21-13-25-33(32,6)7)22-12-19-28(3)16-10-9-15-27(2)17-11-18-29(4)20-14-26-34/h8-11,14,16-18,20,27,30-32,34H,1,12-13,15,19,21-26H2,2-7H3/b10-9+,17-11+,20-14+,28-16+,29-18+. The smallest absolute Gasteiger partial charge is 0.0615 e. The van der Waals surface area contributed by atoms with Crippen molar-refractivity contribution in [1.82, 2.24) is 0 Å². The van der Waals surface area contributed by atoms with Gasteiger partial charge in [0.1, 0.15) is 0 Å². The average Bonchev–Trinajstić information content (AvgIpc) is 2.78. The minimum absolute atomic E-state index is 0.0934. The van der Waals surface area contributed by atoms with Crippen molar-refractivity contribution >= 4 is 0 Å². The highest BCUT2D eigenvalue weighted by molar-refractivity contribution is 5.22. The first-order valence-corrected chi connectivity index (χ1v) is 13.8. The zero-order chi connectivity index (χ0) is 25.4. The van der Waals surface area contributed by atoms with E-state index >= 15 is 0 Å². The lowest BCUT2D eigenvalue weighted by molar-refractivity contribution is 0.0717. The lowest BCUT2D eigenvalue weighted by Gasteiger charge is -2.43. The summed E-state index contributed by atoms with van der Waals surface area (Å²) in [6.07, 6.45) is 30.8. The molecule has 1 saturated carbocycles. The van der Waals surface area contributed by atoms with Crippen molar-refractivity contribution in [3.8, 4) is 0 Å². The highest BCUT2D eigenvalue weighted by Crippen LogP contribution is 2.46. The molecule has 1 N–H and O–H groups in total. The van der Waals surface area contributed by atoms with Crippen LogP contribution in [0.1, 0.15) is 99.3 Å². The van der Waals surface area contributed by atoms with Gasteiger partial charge in [-0.1, -0.05) is 106 Å². The molecule has 4 atom stereocenters. The Morgan fingerprint density at radius 1 is 1.12 bits per heavy atom. The van der Waals surface area contributed by atoms with Gasteiger partial charge in [-0.2, -0.15) is 0 Å². The third-order valence-corrected chi connectivity index (χ3v) is 7.81. The molecule has 0 radical (unpaired) electrons. The van der Waals surface area contributed by atoms with Crippen molar-refractivity contribution < 1.29 is 5.11 Å². The predicted octanol–water partition coefficient (Wildman–Crippen LogP) is 9.78. The van der Waals surface area contributed by atoms with Crippen LogP contribution in [0.2, 0.25) is 0 Å².